The number of carbonyl (C=O) groups is 1. The van der Waals surface area contributed by atoms with Gasteiger partial charge in [0, 0.05) is 44.0 Å². The molecule has 0 fully saturated rings. The van der Waals surface area contributed by atoms with Crippen molar-refractivity contribution in [1.82, 2.24) is 9.97 Å². The fourth-order valence-electron chi connectivity index (χ4n) is 2.78. The number of aromatic nitrogens is 2. The van der Waals surface area contributed by atoms with Crippen LogP contribution in [0.15, 0.2) is 66.9 Å². The third-order valence-electron chi connectivity index (χ3n) is 4.16. The Kier molecular flexibility index (Phi) is 4.55. The Morgan fingerprint density at radius 2 is 1.74 bits per heavy atom. The number of nitrogens with zero attached hydrogens (tertiary/aromatic N) is 3. The van der Waals surface area contributed by atoms with E-state index in [1.807, 2.05) is 0 Å². The lowest BCUT2D eigenvalue weighted by molar-refractivity contribution is -0.142. The largest absolute Gasteiger partial charge is 0.480 e. The molecule has 1 aromatic heterocycles. The highest BCUT2D eigenvalue weighted by molar-refractivity contribution is 5.78. The zero-order valence-electron chi connectivity index (χ0n) is 26.7. The molecule has 31 heavy (non-hydrogen) atoms. The molecule has 0 atom stereocenters. The number of hydrogen-bond acceptors (Lipinski definition) is 5. The summed E-state index contributed by atoms with van der Waals surface area (Å²) >= 11 is 0. The lowest BCUT2D eigenvalue weighted by Gasteiger charge is -2.28. The van der Waals surface area contributed by atoms with E-state index in [1.54, 1.807) is 60.7 Å². The number of carboxylic acid groups (broad SMARTS) is 1. The fraction of sp³-hybridized carbons (Fsp3) is 0.320. The van der Waals surface area contributed by atoms with Crippen molar-refractivity contribution < 1.29 is 28.3 Å². The molecule has 1 N–H and O–H groups in total. The Morgan fingerprint density at radius 3 is 2.35 bits per heavy atom. The van der Waals surface area contributed by atoms with Gasteiger partial charge in [-0.3, -0.25) is 4.98 Å². The average molecular weight is 430 g/mol. The first-order valence-electron chi connectivity index (χ1n) is 14.5. The lowest BCUT2D eigenvalue weighted by Crippen LogP contribution is -2.33. The predicted octanol–water partition coefficient (Wildman–Crippen LogP) is 4.91. The number of ether oxygens (including phenoxy) is 1. The molecule has 0 amide bonds. The minimum absolute atomic E-state index is 0.190. The zero-order valence-corrected chi connectivity index (χ0v) is 16.7. The first-order valence-corrected chi connectivity index (χ1v) is 9.53. The second-order valence-electron chi connectivity index (χ2n) is 6.41. The van der Waals surface area contributed by atoms with Crippen molar-refractivity contribution in [3.8, 4) is 22.5 Å². The number of benzene rings is 2. The second kappa shape index (κ2) is 11.2. The molecule has 162 valence electrons. The summed E-state index contributed by atoms with van der Waals surface area (Å²) in [6.45, 7) is -11.2. The molecule has 0 aliphatic rings. The Balaban J connectivity index is 2.26. The molecular formula is C25H29N3O3. The van der Waals surface area contributed by atoms with Crippen LogP contribution >= 0.6 is 0 Å². The zero-order chi connectivity index (χ0) is 30.6. The minimum Gasteiger partial charge on any atom is -0.480 e. The maximum absolute atomic E-state index is 10.8. The maximum atomic E-state index is 10.8. The van der Waals surface area contributed by atoms with E-state index in [2.05, 4.69) is 9.97 Å². The number of aliphatic carboxylic acids is 1. The summed E-state index contributed by atoms with van der Waals surface area (Å²) < 4.78 is 87.6. The Hall–Kier alpha value is -3.25. The first kappa shape index (κ1) is 12.6. The summed E-state index contributed by atoms with van der Waals surface area (Å²) in [6.07, 6.45) is -2.64. The summed E-state index contributed by atoms with van der Waals surface area (Å²) in [6, 6.07) is 14.9. The van der Waals surface area contributed by atoms with Crippen LogP contribution in [0, 0.1) is 0 Å². The van der Waals surface area contributed by atoms with Gasteiger partial charge in [-0.25, -0.2) is 9.78 Å². The third kappa shape index (κ3) is 6.36. The Morgan fingerprint density at radius 1 is 1.10 bits per heavy atom. The molecule has 0 saturated heterocycles. The van der Waals surface area contributed by atoms with Crippen LogP contribution in [0.1, 0.15) is 40.2 Å². The fourth-order valence-corrected chi connectivity index (χ4v) is 2.78. The van der Waals surface area contributed by atoms with Crippen molar-refractivity contribution >= 4 is 11.8 Å². The van der Waals surface area contributed by atoms with E-state index < -0.39 is 64.0 Å². The molecule has 2 aromatic carbocycles. The number of rotatable bonds is 11. The van der Waals surface area contributed by atoms with Gasteiger partial charge >= 0.3 is 5.97 Å². The second-order valence-corrected chi connectivity index (χ2v) is 6.41. The highest BCUT2D eigenvalue weighted by Gasteiger charge is 2.17. The molecule has 3 aromatic rings. The van der Waals surface area contributed by atoms with E-state index >= 15 is 0 Å². The van der Waals surface area contributed by atoms with Gasteiger partial charge in [-0.2, -0.15) is 0 Å². The lowest BCUT2D eigenvalue weighted by atomic mass is 10.0. The molecule has 6 nitrogen and oxygen atoms in total. The minimum atomic E-state index is -3.32. The van der Waals surface area contributed by atoms with E-state index in [9.17, 15) is 4.79 Å². The summed E-state index contributed by atoms with van der Waals surface area (Å²) in [7, 11) is 0. The van der Waals surface area contributed by atoms with Gasteiger partial charge in [0.25, 0.3) is 0 Å². The van der Waals surface area contributed by atoms with Gasteiger partial charge in [-0.05, 0) is 26.5 Å². The Bertz CT molecular complexity index is 1310. The van der Waals surface area contributed by atoms with Gasteiger partial charge in [-0.1, -0.05) is 60.7 Å². The molecule has 6 heteroatoms. The summed E-state index contributed by atoms with van der Waals surface area (Å²) in [5.74, 6) is -1.83. The topological polar surface area (TPSA) is 75.5 Å². The highest BCUT2D eigenvalue weighted by atomic mass is 16.5. The maximum Gasteiger partial charge on any atom is 0.329 e. The van der Waals surface area contributed by atoms with Crippen molar-refractivity contribution in [3.63, 3.8) is 0 Å². The van der Waals surface area contributed by atoms with E-state index in [0.717, 1.165) is 6.20 Å². The molecule has 3 rings (SSSR count). The van der Waals surface area contributed by atoms with E-state index in [4.69, 9.17) is 23.6 Å². The van der Waals surface area contributed by atoms with Gasteiger partial charge in [0.05, 0.1) is 17.6 Å². The molecule has 0 unspecified atom stereocenters. The van der Waals surface area contributed by atoms with Gasteiger partial charge in [-0.15, -0.1) is 0 Å². The van der Waals surface area contributed by atoms with Crippen molar-refractivity contribution in [2.75, 3.05) is 24.6 Å². The van der Waals surface area contributed by atoms with E-state index in [0.29, 0.717) is 21.7 Å². The molecule has 0 bridgehead atoms. The third-order valence-corrected chi connectivity index (χ3v) is 4.16. The van der Waals surface area contributed by atoms with Gasteiger partial charge in [0.15, 0.2) is 0 Å². The summed E-state index contributed by atoms with van der Waals surface area (Å²) in [5, 5.41) is 8.77. The van der Waals surface area contributed by atoms with Crippen LogP contribution in [-0.4, -0.2) is 46.8 Å². The number of carboxylic acids is 1. The van der Waals surface area contributed by atoms with Crippen molar-refractivity contribution in [2.24, 2.45) is 0 Å². The van der Waals surface area contributed by atoms with Crippen molar-refractivity contribution in [3.05, 3.63) is 66.9 Å². The molecule has 0 aliphatic carbocycles. The molecular weight excluding hydrogens is 390 g/mol. The predicted molar refractivity (Wildman–Crippen MR) is 123 cm³/mol. The van der Waals surface area contributed by atoms with Crippen LogP contribution in [0.3, 0.4) is 0 Å². The quantitative estimate of drug-likeness (QED) is 0.437. The average Bonchev–Trinajstić information content (AvgIpc) is 2.88. The van der Waals surface area contributed by atoms with Crippen LogP contribution in [0.5, 0.6) is 0 Å². The Labute approximate surface area is 197 Å². The van der Waals surface area contributed by atoms with Crippen LogP contribution in [-0.2, 0) is 9.53 Å². The number of hydrogen-bond donors (Lipinski definition) is 1. The molecule has 1 heterocycles. The highest BCUT2D eigenvalue weighted by Crippen LogP contribution is 2.30. The molecule has 0 saturated carbocycles. The van der Waals surface area contributed by atoms with Crippen molar-refractivity contribution in [2.45, 2.75) is 32.5 Å². The van der Waals surface area contributed by atoms with E-state index in [-0.39, 0.29) is 5.69 Å². The summed E-state index contributed by atoms with van der Waals surface area (Å²) in [4.78, 5) is 20.0. The summed E-state index contributed by atoms with van der Waals surface area (Å²) in [5.41, 5.74) is 1.69. The first-order chi connectivity index (χ1) is 19.0. The normalized spacial score (nSPS) is 17.5. The van der Waals surface area contributed by atoms with Crippen LogP contribution < -0.4 is 4.90 Å². The molecule has 0 spiro atoms. The molecule has 0 aliphatic heterocycles. The van der Waals surface area contributed by atoms with E-state index in [1.165, 1.54) is 0 Å². The smallest absolute Gasteiger partial charge is 0.329 e. The van der Waals surface area contributed by atoms with Crippen molar-refractivity contribution in [1.29, 1.82) is 0 Å². The molecule has 0 radical (unpaired) electrons. The number of anilines is 1. The standard InChI is InChI=1S/C25H29N3O3/c1-19(2)28(15-9-10-16-31-18-23(29)30)22-17-26-24(20-11-5-3-6-12-20)25(27-22)21-13-7-4-8-14-21/h3-8,11-14,17,19H,9-10,15-16,18H2,1-2H3,(H,29,30)/i1D3,2D3,9D2,15D2. The van der Waals surface area contributed by atoms with Crippen LogP contribution in [0.4, 0.5) is 5.82 Å². The van der Waals surface area contributed by atoms with Crippen LogP contribution in [0.2, 0.25) is 0 Å². The SMILES string of the molecule is [2H]C([2H])([2H])C(N(c1cnc(-c2ccccc2)c(-c2ccccc2)n1)C([2H])([2H])C([2H])([2H])CCOCC(=O)O)C([2H])([2H])[2H]. The van der Waals surface area contributed by atoms with Crippen LogP contribution in [0.25, 0.3) is 22.5 Å². The van der Waals surface area contributed by atoms with Gasteiger partial charge in [0.1, 0.15) is 12.4 Å². The van der Waals surface area contributed by atoms with Gasteiger partial charge < -0.3 is 14.7 Å². The van der Waals surface area contributed by atoms with Gasteiger partial charge in [0.2, 0.25) is 0 Å². The monoisotopic (exact) mass is 429 g/mol.